The lowest BCUT2D eigenvalue weighted by Crippen LogP contribution is -2.59. The Kier molecular flexibility index (Phi) is 6.26. The Morgan fingerprint density at radius 1 is 1.18 bits per heavy atom. The number of nitrogens with one attached hydrogen (secondary N) is 2. The van der Waals surface area contributed by atoms with Crippen molar-refractivity contribution < 1.29 is 23.8 Å². The van der Waals surface area contributed by atoms with Gasteiger partial charge in [-0.1, -0.05) is 25.1 Å². The van der Waals surface area contributed by atoms with Gasteiger partial charge in [-0.3, -0.25) is 0 Å². The summed E-state index contributed by atoms with van der Waals surface area (Å²) < 4.78 is 19.0. The molecule has 174 valence electrons. The molecule has 2 heterocycles. The van der Waals surface area contributed by atoms with E-state index >= 15 is 0 Å². The number of amides is 2. The van der Waals surface area contributed by atoms with Crippen LogP contribution >= 0.6 is 0 Å². The summed E-state index contributed by atoms with van der Waals surface area (Å²) in [4.78, 5) is 30.1. The first-order valence-corrected chi connectivity index (χ1v) is 11.1. The van der Waals surface area contributed by atoms with Crippen LogP contribution in [0.1, 0.15) is 38.2 Å². The average molecular weight is 454 g/mol. The number of ether oxygens (including phenoxy) is 1. The SMILES string of the molecule is CC(c1c[nH]c2ccccc12)C(C)(NC(=O)N1CCC(Oc2ccc(F)cc2)CC1)C(=O)O. The second kappa shape index (κ2) is 9.13. The molecule has 1 fully saturated rings. The van der Waals surface area contributed by atoms with E-state index in [9.17, 15) is 19.1 Å². The lowest BCUT2D eigenvalue weighted by Gasteiger charge is -2.37. The molecule has 2 amide bonds. The topological polar surface area (TPSA) is 94.7 Å². The Balaban J connectivity index is 1.41. The number of halogens is 1. The van der Waals surface area contributed by atoms with E-state index in [-0.39, 0.29) is 11.9 Å². The minimum absolute atomic E-state index is 0.0875. The first kappa shape index (κ1) is 22.6. The monoisotopic (exact) mass is 453 g/mol. The molecule has 3 N–H and O–H groups in total. The van der Waals surface area contributed by atoms with Crippen LogP contribution in [0.25, 0.3) is 10.9 Å². The molecular weight excluding hydrogens is 425 g/mol. The molecule has 2 atom stereocenters. The number of piperidine rings is 1. The Hall–Kier alpha value is -3.55. The number of nitrogens with zero attached hydrogens (tertiary/aromatic N) is 1. The van der Waals surface area contributed by atoms with Crippen LogP contribution in [-0.2, 0) is 4.79 Å². The van der Waals surface area contributed by atoms with Gasteiger partial charge in [0.2, 0.25) is 0 Å². The molecule has 7 nitrogen and oxygen atoms in total. The molecule has 3 aromatic rings. The van der Waals surface area contributed by atoms with Gasteiger partial charge in [0.25, 0.3) is 0 Å². The summed E-state index contributed by atoms with van der Waals surface area (Å²) in [5.74, 6) is -1.31. The van der Waals surface area contributed by atoms with Crippen molar-refractivity contribution in [2.75, 3.05) is 13.1 Å². The Labute approximate surface area is 191 Å². The van der Waals surface area contributed by atoms with E-state index in [1.165, 1.54) is 12.1 Å². The normalized spacial score (nSPS) is 17.4. The van der Waals surface area contributed by atoms with Gasteiger partial charge in [0.15, 0.2) is 0 Å². The van der Waals surface area contributed by atoms with Crippen molar-refractivity contribution in [3.63, 3.8) is 0 Å². The van der Waals surface area contributed by atoms with Crippen molar-refractivity contribution in [1.29, 1.82) is 0 Å². The predicted octanol–water partition coefficient (Wildman–Crippen LogP) is 4.51. The van der Waals surface area contributed by atoms with Crippen LogP contribution in [-0.4, -0.2) is 51.7 Å². The molecule has 4 rings (SSSR count). The van der Waals surface area contributed by atoms with Gasteiger partial charge in [0.1, 0.15) is 23.2 Å². The largest absolute Gasteiger partial charge is 0.490 e. The number of likely N-dealkylation sites (tertiary alicyclic amines) is 1. The molecule has 2 unspecified atom stereocenters. The van der Waals surface area contributed by atoms with Gasteiger partial charge >= 0.3 is 12.0 Å². The van der Waals surface area contributed by atoms with Crippen LogP contribution in [0.5, 0.6) is 5.75 Å². The van der Waals surface area contributed by atoms with Gasteiger partial charge in [-0.2, -0.15) is 0 Å². The van der Waals surface area contributed by atoms with Crippen molar-refractivity contribution >= 4 is 22.9 Å². The lowest BCUT2D eigenvalue weighted by atomic mass is 9.81. The molecule has 1 saturated heterocycles. The van der Waals surface area contributed by atoms with Crippen molar-refractivity contribution in [3.8, 4) is 5.75 Å². The van der Waals surface area contributed by atoms with E-state index in [0.29, 0.717) is 31.7 Å². The molecule has 33 heavy (non-hydrogen) atoms. The zero-order valence-corrected chi connectivity index (χ0v) is 18.7. The highest BCUT2D eigenvalue weighted by Crippen LogP contribution is 2.33. The second-order valence-electron chi connectivity index (χ2n) is 8.71. The third-order valence-corrected chi connectivity index (χ3v) is 6.61. The summed E-state index contributed by atoms with van der Waals surface area (Å²) in [6.45, 7) is 4.24. The minimum atomic E-state index is -1.50. The molecule has 1 aromatic heterocycles. The summed E-state index contributed by atoms with van der Waals surface area (Å²) in [6, 6.07) is 13.1. The van der Waals surface area contributed by atoms with Gasteiger partial charge in [-0.15, -0.1) is 0 Å². The molecule has 1 aliphatic heterocycles. The number of carboxylic acid groups (broad SMARTS) is 1. The maximum Gasteiger partial charge on any atom is 0.329 e. The van der Waals surface area contributed by atoms with Crippen LogP contribution in [0.3, 0.4) is 0 Å². The number of carbonyl (C=O) groups excluding carboxylic acids is 1. The fourth-order valence-electron chi connectivity index (χ4n) is 4.29. The molecule has 0 spiro atoms. The molecule has 1 aliphatic rings. The maximum atomic E-state index is 13.1. The van der Waals surface area contributed by atoms with Crippen LogP contribution < -0.4 is 10.1 Å². The van der Waals surface area contributed by atoms with Crippen LogP contribution in [0, 0.1) is 5.82 Å². The van der Waals surface area contributed by atoms with Crippen LogP contribution in [0.2, 0.25) is 0 Å². The van der Waals surface area contributed by atoms with Gasteiger partial charge in [-0.25, -0.2) is 14.0 Å². The fourth-order valence-corrected chi connectivity index (χ4v) is 4.29. The molecular formula is C25H28FN3O4. The average Bonchev–Trinajstić information content (AvgIpc) is 3.24. The van der Waals surface area contributed by atoms with Gasteiger partial charge < -0.3 is 25.0 Å². The molecule has 0 radical (unpaired) electrons. The quantitative estimate of drug-likeness (QED) is 0.512. The highest BCUT2D eigenvalue weighted by molar-refractivity contribution is 5.90. The van der Waals surface area contributed by atoms with Crippen molar-refractivity contribution in [1.82, 2.24) is 15.2 Å². The first-order valence-electron chi connectivity index (χ1n) is 11.1. The number of urea groups is 1. The number of aromatic nitrogens is 1. The van der Waals surface area contributed by atoms with E-state index in [1.807, 2.05) is 31.2 Å². The van der Waals surface area contributed by atoms with Gasteiger partial charge in [0, 0.05) is 48.9 Å². The number of benzene rings is 2. The minimum Gasteiger partial charge on any atom is -0.490 e. The third kappa shape index (κ3) is 4.65. The first-order chi connectivity index (χ1) is 15.8. The highest BCUT2D eigenvalue weighted by atomic mass is 19.1. The number of rotatable bonds is 6. The van der Waals surface area contributed by atoms with Crippen LogP contribution in [0.15, 0.2) is 54.7 Å². The number of carboxylic acids is 1. The Bertz CT molecular complexity index is 1140. The lowest BCUT2D eigenvalue weighted by molar-refractivity contribution is -0.144. The van der Waals surface area contributed by atoms with Gasteiger partial charge in [0.05, 0.1) is 0 Å². The third-order valence-electron chi connectivity index (χ3n) is 6.61. The highest BCUT2D eigenvalue weighted by Gasteiger charge is 2.43. The van der Waals surface area contributed by atoms with Crippen molar-refractivity contribution in [2.24, 2.45) is 0 Å². The molecule has 2 aromatic carbocycles. The predicted molar refractivity (Wildman–Crippen MR) is 123 cm³/mol. The van der Waals surface area contributed by atoms with Crippen molar-refractivity contribution in [2.45, 2.75) is 44.2 Å². The summed E-state index contributed by atoms with van der Waals surface area (Å²) in [5.41, 5.74) is 0.257. The number of fused-ring (bicyclic) bond motifs is 1. The Morgan fingerprint density at radius 3 is 2.52 bits per heavy atom. The number of hydrogen-bond donors (Lipinski definition) is 3. The number of para-hydroxylation sites is 1. The molecule has 8 heteroatoms. The van der Waals surface area contributed by atoms with E-state index < -0.39 is 23.5 Å². The summed E-state index contributed by atoms with van der Waals surface area (Å²) in [5, 5.41) is 13.8. The standard InChI is InChI=1S/C25H28FN3O4/c1-16(21-15-27-22-6-4-3-5-20(21)22)25(2,23(30)31)28-24(32)29-13-11-19(12-14-29)33-18-9-7-17(26)8-10-18/h3-10,15-16,19,27H,11-14H2,1-2H3,(H,28,32)(H,30,31). The fraction of sp³-hybridized carbons (Fsp3) is 0.360. The van der Waals surface area contributed by atoms with E-state index in [1.54, 1.807) is 30.2 Å². The summed E-state index contributed by atoms with van der Waals surface area (Å²) in [7, 11) is 0. The summed E-state index contributed by atoms with van der Waals surface area (Å²) >= 11 is 0. The smallest absolute Gasteiger partial charge is 0.329 e. The molecule has 0 saturated carbocycles. The zero-order valence-electron chi connectivity index (χ0n) is 18.7. The van der Waals surface area contributed by atoms with E-state index in [0.717, 1.165) is 16.5 Å². The number of aliphatic carboxylic acids is 1. The van der Waals surface area contributed by atoms with Crippen molar-refractivity contribution in [3.05, 3.63) is 66.1 Å². The number of H-pyrrole nitrogens is 1. The van der Waals surface area contributed by atoms with E-state index in [4.69, 9.17) is 4.74 Å². The van der Waals surface area contributed by atoms with Gasteiger partial charge in [-0.05, 0) is 42.8 Å². The zero-order chi connectivity index (χ0) is 23.6. The second-order valence-corrected chi connectivity index (χ2v) is 8.71. The number of carbonyl (C=O) groups is 2. The summed E-state index contributed by atoms with van der Waals surface area (Å²) in [6.07, 6.45) is 2.93. The Morgan fingerprint density at radius 2 is 1.85 bits per heavy atom. The number of hydrogen-bond acceptors (Lipinski definition) is 3. The number of aromatic amines is 1. The van der Waals surface area contributed by atoms with E-state index in [2.05, 4.69) is 10.3 Å². The molecule has 0 aliphatic carbocycles. The maximum absolute atomic E-state index is 13.1. The van der Waals surface area contributed by atoms with Crippen LogP contribution in [0.4, 0.5) is 9.18 Å². The molecule has 0 bridgehead atoms.